The molecule has 0 spiro atoms. The number of hydrogen-bond acceptors (Lipinski definition) is 4. The van der Waals surface area contributed by atoms with E-state index in [1.165, 1.54) is 6.07 Å². The largest absolute Gasteiger partial charge is 0.352 e. The molecule has 1 aromatic heterocycles. The minimum absolute atomic E-state index is 0. The van der Waals surface area contributed by atoms with Crippen molar-refractivity contribution in [3.8, 4) is 0 Å². The van der Waals surface area contributed by atoms with E-state index in [2.05, 4.69) is 25.9 Å². The third-order valence-electron chi connectivity index (χ3n) is 4.78. The summed E-state index contributed by atoms with van der Waals surface area (Å²) in [6, 6.07) is 10.7. The van der Waals surface area contributed by atoms with Crippen molar-refractivity contribution in [2.24, 2.45) is 4.99 Å². The molecule has 2 heterocycles. The van der Waals surface area contributed by atoms with Crippen LogP contribution in [0.15, 0.2) is 47.6 Å². The first-order chi connectivity index (χ1) is 14.1. The molecule has 0 bridgehead atoms. The highest BCUT2D eigenvalue weighted by atomic mass is 127. The van der Waals surface area contributed by atoms with E-state index in [-0.39, 0.29) is 41.7 Å². The second-order valence-corrected chi connectivity index (χ2v) is 6.87. The summed E-state index contributed by atoms with van der Waals surface area (Å²) in [7, 11) is 1.71. The molecule has 9 heteroatoms. The van der Waals surface area contributed by atoms with Gasteiger partial charge in [-0.3, -0.25) is 9.79 Å². The van der Waals surface area contributed by atoms with Gasteiger partial charge < -0.3 is 20.9 Å². The number of anilines is 1. The number of nitrogens with one attached hydrogen (secondary N) is 3. The third-order valence-corrected chi connectivity index (χ3v) is 4.78. The number of nitrogens with zero attached hydrogens (tertiary/aromatic N) is 3. The van der Waals surface area contributed by atoms with Crippen LogP contribution in [0.5, 0.6) is 0 Å². The molecule has 30 heavy (non-hydrogen) atoms. The summed E-state index contributed by atoms with van der Waals surface area (Å²) in [5.74, 6) is 0.677. The molecule has 1 fully saturated rings. The second kappa shape index (κ2) is 11.7. The molecule has 3 N–H and O–H groups in total. The maximum absolute atomic E-state index is 14.0. The minimum atomic E-state index is -0.303. The van der Waals surface area contributed by atoms with E-state index in [4.69, 9.17) is 0 Å². The Hall–Kier alpha value is -2.43. The minimum Gasteiger partial charge on any atom is -0.352 e. The Morgan fingerprint density at radius 1 is 1.30 bits per heavy atom. The van der Waals surface area contributed by atoms with Crippen LogP contribution in [0.3, 0.4) is 0 Å². The number of carbonyl (C=O) groups excluding carboxylic acids is 1. The van der Waals surface area contributed by atoms with Crippen LogP contribution in [-0.4, -0.2) is 49.6 Å². The Labute approximate surface area is 193 Å². The zero-order valence-electron chi connectivity index (χ0n) is 17.2. The number of carbonyl (C=O) groups is 1. The van der Waals surface area contributed by atoms with Gasteiger partial charge in [0.15, 0.2) is 17.6 Å². The van der Waals surface area contributed by atoms with Crippen LogP contribution >= 0.6 is 24.0 Å². The lowest BCUT2D eigenvalue weighted by Gasteiger charge is -2.20. The van der Waals surface area contributed by atoms with Gasteiger partial charge in [0, 0.05) is 51.0 Å². The number of benzene rings is 1. The molecule has 1 atom stereocenters. The van der Waals surface area contributed by atoms with Crippen LogP contribution in [-0.2, 0) is 6.54 Å². The van der Waals surface area contributed by atoms with Crippen molar-refractivity contribution in [2.45, 2.75) is 25.9 Å². The number of pyridine rings is 1. The maximum Gasteiger partial charge on any atom is 0.251 e. The van der Waals surface area contributed by atoms with Gasteiger partial charge in [0.1, 0.15) is 0 Å². The SMILES string of the molecule is CCNC(=O)c1cccc(CNC(=NC)NC2CCN(c3ncccc3F)C2)c1.I. The fourth-order valence-corrected chi connectivity index (χ4v) is 3.34. The molecule has 1 unspecified atom stereocenters. The van der Waals surface area contributed by atoms with Gasteiger partial charge in [0.25, 0.3) is 5.91 Å². The van der Waals surface area contributed by atoms with Crippen molar-refractivity contribution >= 4 is 41.7 Å². The normalized spacial score (nSPS) is 16.0. The summed E-state index contributed by atoms with van der Waals surface area (Å²) in [6.45, 7) is 4.42. The number of halogens is 2. The van der Waals surface area contributed by atoms with Crippen molar-refractivity contribution in [2.75, 3.05) is 31.6 Å². The highest BCUT2D eigenvalue weighted by molar-refractivity contribution is 14.0. The average molecular weight is 526 g/mol. The molecule has 1 saturated heterocycles. The zero-order chi connectivity index (χ0) is 20.6. The van der Waals surface area contributed by atoms with Gasteiger partial charge in [-0.05, 0) is 43.2 Å². The number of amides is 1. The zero-order valence-corrected chi connectivity index (χ0v) is 19.5. The first-order valence-electron chi connectivity index (χ1n) is 9.80. The van der Waals surface area contributed by atoms with Gasteiger partial charge >= 0.3 is 0 Å². The fraction of sp³-hybridized carbons (Fsp3) is 0.381. The molecule has 3 rings (SSSR count). The van der Waals surface area contributed by atoms with E-state index in [0.717, 1.165) is 18.5 Å². The van der Waals surface area contributed by atoms with Crippen LogP contribution in [0, 0.1) is 5.82 Å². The molecule has 1 aliphatic rings. The van der Waals surface area contributed by atoms with Gasteiger partial charge in [-0.25, -0.2) is 9.37 Å². The summed E-state index contributed by atoms with van der Waals surface area (Å²) >= 11 is 0. The standard InChI is InChI=1S/C21H27FN6O.HI/c1-3-24-20(29)16-7-4-6-15(12-16)13-26-21(23-2)27-17-9-11-28(14-17)19-18(22)8-5-10-25-19;/h4-8,10,12,17H,3,9,11,13-14H2,1-2H3,(H,24,29)(H2,23,26,27);1H. The molecule has 0 radical (unpaired) electrons. The van der Waals surface area contributed by atoms with Crippen LogP contribution < -0.4 is 20.9 Å². The van der Waals surface area contributed by atoms with Gasteiger partial charge in [0.05, 0.1) is 0 Å². The van der Waals surface area contributed by atoms with Gasteiger partial charge in [-0.15, -0.1) is 24.0 Å². The fourth-order valence-electron chi connectivity index (χ4n) is 3.34. The van der Waals surface area contributed by atoms with E-state index in [9.17, 15) is 9.18 Å². The van der Waals surface area contributed by atoms with Gasteiger partial charge in [-0.2, -0.15) is 0 Å². The van der Waals surface area contributed by atoms with Crippen molar-refractivity contribution in [3.05, 3.63) is 59.5 Å². The van der Waals surface area contributed by atoms with Crippen molar-refractivity contribution in [1.82, 2.24) is 20.9 Å². The number of aliphatic imine (C=N–C) groups is 1. The molecule has 1 aliphatic heterocycles. The lowest BCUT2D eigenvalue weighted by molar-refractivity contribution is 0.0955. The van der Waals surface area contributed by atoms with Crippen molar-refractivity contribution in [1.29, 1.82) is 0 Å². The van der Waals surface area contributed by atoms with Crippen molar-refractivity contribution < 1.29 is 9.18 Å². The smallest absolute Gasteiger partial charge is 0.251 e. The number of aromatic nitrogens is 1. The topological polar surface area (TPSA) is 81.6 Å². The number of guanidine groups is 1. The Morgan fingerprint density at radius 2 is 2.13 bits per heavy atom. The summed E-state index contributed by atoms with van der Waals surface area (Å²) in [5.41, 5.74) is 1.62. The molecule has 7 nitrogen and oxygen atoms in total. The van der Waals surface area contributed by atoms with E-state index in [1.54, 1.807) is 25.4 Å². The second-order valence-electron chi connectivity index (χ2n) is 6.87. The Balaban J connectivity index is 0.00000320. The van der Waals surface area contributed by atoms with E-state index >= 15 is 0 Å². The lowest BCUT2D eigenvalue weighted by Crippen LogP contribution is -2.44. The predicted molar refractivity (Wildman–Crippen MR) is 128 cm³/mol. The van der Waals surface area contributed by atoms with Crippen LogP contribution in [0.25, 0.3) is 0 Å². The average Bonchev–Trinajstić information content (AvgIpc) is 3.20. The highest BCUT2D eigenvalue weighted by Gasteiger charge is 2.25. The van der Waals surface area contributed by atoms with Gasteiger partial charge in [0.2, 0.25) is 0 Å². The van der Waals surface area contributed by atoms with E-state index in [0.29, 0.717) is 37.0 Å². The molecule has 1 aromatic carbocycles. The predicted octanol–water partition coefficient (Wildman–Crippen LogP) is 2.53. The summed E-state index contributed by atoms with van der Waals surface area (Å²) < 4.78 is 14.0. The Bertz CT molecular complexity index is 878. The summed E-state index contributed by atoms with van der Waals surface area (Å²) in [5, 5.41) is 9.46. The Morgan fingerprint density at radius 3 is 2.87 bits per heavy atom. The van der Waals surface area contributed by atoms with E-state index < -0.39 is 0 Å². The summed E-state index contributed by atoms with van der Waals surface area (Å²) in [6.07, 6.45) is 2.47. The number of rotatable bonds is 6. The molecule has 2 aromatic rings. The lowest BCUT2D eigenvalue weighted by atomic mass is 10.1. The molecule has 0 aliphatic carbocycles. The van der Waals surface area contributed by atoms with E-state index in [1.807, 2.05) is 30.0 Å². The van der Waals surface area contributed by atoms with Crippen LogP contribution in [0.2, 0.25) is 0 Å². The first kappa shape index (κ1) is 23.8. The first-order valence-corrected chi connectivity index (χ1v) is 9.80. The third kappa shape index (κ3) is 6.28. The molecular formula is C21H28FIN6O. The molecule has 0 saturated carbocycles. The monoisotopic (exact) mass is 526 g/mol. The molecule has 1 amide bonds. The molecular weight excluding hydrogens is 498 g/mol. The van der Waals surface area contributed by atoms with Crippen LogP contribution in [0.4, 0.5) is 10.2 Å². The van der Waals surface area contributed by atoms with Crippen molar-refractivity contribution in [3.63, 3.8) is 0 Å². The quantitative estimate of drug-likeness (QED) is 0.306. The summed E-state index contributed by atoms with van der Waals surface area (Å²) in [4.78, 5) is 22.4. The molecule has 162 valence electrons. The maximum atomic E-state index is 14.0. The highest BCUT2D eigenvalue weighted by Crippen LogP contribution is 2.20. The Kier molecular flexibility index (Phi) is 9.28. The number of hydrogen-bond donors (Lipinski definition) is 3. The van der Waals surface area contributed by atoms with Gasteiger partial charge in [-0.1, -0.05) is 12.1 Å². The van der Waals surface area contributed by atoms with Crippen LogP contribution in [0.1, 0.15) is 29.3 Å².